The summed E-state index contributed by atoms with van der Waals surface area (Å²) in [5.74, 6) is 0.387. The smallest absolute Gasteiger partial charge is 0.237 e. The lowest BCUT2D eigenvalue weighted by molar-refractivity contribution is -0.136. The van der Waals surface area contributed by atoms with Crippen LogP contribution >= 0.6 is 0 Å². The highest BCUT2D eigenvalue weighted by Gasteiger charge is 2.37. The standard InChI is InChI=1S/C21H33N3O3S/c1-4-18(3)24(20-8-13-28(26,27)16-20)21(25)15-22-9-11-23(12-10-22)19-7-5-6-17(2)14-19/h5-7,14,18,20H,4,8-13,15-16H2,1-3H3. The molecule has 0 spiro atoms. The Morgan fingerprint density at radius 3 is 2.54 bits per heavy atom. The van der Waals surface area contributed by atoms with E-state index >= 15 is 0 Å². The number of sulfone groups is 1. The lowest BCUT2D eigenvalue weighted by atomic mass is 10.1. The highest BCUT2D eigenvalue weighted by atomic mass is 32.2. The van der Waals surface area contributed by atoms with Gasteiger partial charge in [-0.25, -0.2) is 8.42 Å². The van der Waals surface area contributed by atoms with Crippen LogP contribution in [0.3, 0.4) is 0 Å². The molecule has 1 amide bonds. The normalized spacial score (nSPS) is 23.5. The van der Waals surface area contributed by atoms with E-state index in [9.17, 15) is 13.2 Å². The van der Waals surface area contributed by atoms with Crippen molar-refractivity contribution in [3.05, 3.63) is 29.8 Å². The van der Waals surface area contributed by atoms with E-state index in [0.717, 1.165) is 32.6 Å². The Morgan fingerprint density at radius 2 is 1.96 bits per heavy atom. The Balaban J connectivity index is 1.58. The van der Waals surface area contributed by atoms with Gasteiger partial charge in [-0.1, -0.05) is 19.1 Å². The van der Waals surface area contributed by atoms with Crippen LogP contribution in [-0.4, -0.2) is 80.4 Å². The van der Waals surface area contributed by atoms with Gasteiger partial charge in [-0.3, -0.25) is 9.69 Å². The highest BCUT2D eigenvalue weighted by molar-refractivity contribution is 7.91. The SMILES string of the molecule is CCC(C)N(C(=O)CN1CCN(c2cccc(C)c2)CC1)C1CCS(=O)(=O)C1. The van der Waals surface area contributed by atoms with Crippen LogP contribution in [0.15, 0.2) is 24.3 Å². The molecule has 1 aromatic rings. The Morgan fingerprint density at radius 1 is 1.25 bits per heavy atom. The minimum atomic E-state index is -3.00. The summed E-state index contributed by atoms with van der Waals surface area (Å²) >= 11 is 0. The predicted molar refractivity (Wildman–Crippen MR) is 113 cm³/mol. The first-order chi connectivity index (χ1) is 13.3. The highest BCUT2D eigenvalue weighted by Crippen LogP contribution is 2.22. The van der Waals surface area contributed by atoms with Crippen molar-refractivity contribution in [1.29, 1.82) is 0 Å². The van der Waals surface area contributed by atoms with E-state index in [-0.39, 0.29) is 29.5 Å². The van der Waals surface area contributed by atoms with Crippen LogP contribution in [0.2, 0.25) is 0 Å². The molecule has 0 saturated carbocycles. The first-order valence-electron chi connectivity index (χ1n) is 10.3. The zero-order chi connectivity index (χ0) is 20.3. The number of nitrogens with zero attached hydrogens (tertiary/aromatic N) is 3. The molecule has 156 valence electrons. The van der Waals surface area contributed by atoms with E-state index in [1.54, 1.807) is 0 Å². The second-order valence-corrected chi connectivity index (χ2v) is 10.4. The Labute approximate surface area is 169 Å². The quantitative estimate of drug-likeness (QED) is 0.721. The molecule has 0 radical (unpaired) electrons. The summed E-state index contributed by atoms with van der Waals surface area (Å²) in [6.45, 7) is 10.0. The molecule has 1 aromatic carbocycles. The molecule has 0 N–H and O–H groups in total. The van der Waals surface area contributed by atoms with Crippen LogP contribution in [0.4, 0.5) is 5.69 Å². The molecule has 2 unspecified atom stereocenters. The molecular formula is C21H33N3O3S. The fraction of sp³-hybridized carbons (Fsp3) is 0.667. The molecule has 2 aliphatic heterocycles. The third kappa shape index (κ3) is 5.06. The number of carbonyl (C=O) groups is 1. The third-order valence-electron chi connectivity index (χ3n) is 6.05. The summed E-state index contributed by atoms with van der Waals surface area (Å²) in [5, 5.41) is 0. The van der Waals surface area contributed by atoms with Gasteiger partial charge >= 0.3 is 0 Å². The zero-order valence-electron chi connectivity index (χ0n) is 17.3. The van der Waals surface area contributed by atoms with Gasteiger partial charge in [-0.2, -0.15) is 0 Å². The summed E-state index contributed by atoms with van der Waals surface area (Å²) in [5.41, 5.74) is 2.49. The van der Waals surface area contributed by atoms with E-state index in [2.05, 4.69) is 47.9 Å². The van der Waals surface area contributed by atoms with Crippen molar-refractivity contribution >= 4 is 21.4 Å². The van der Waals surface area contributed by atoms with Crippen molar-refractivity contribution in [3.8, 4) is 0 Å². The average Bonchev–Trinajstić information content (AvgIpc) is 3.01. The molecule has 2 heterocycles. The lowest BCUT2D eigenvalue weighted by Crippen LogP contribution is -2.53. The number of hydrogen-bond donors (Lipinski definition) is 0. The number of benzene rings is 1. The van der Waals surface area contributed by atoms with Crippen LogP contribution < -0.4 is 4.90 Å². The maximum absolute atomic E-state index is 13.1. The van der Waals surface area contributed by atoms with Crippen LogP contribution in [0.25, 0.3) is 0 Å². The van der Waals surface area contributed by atoms with Crippen LogP contribution in [0, 0.1) is 6.92 Å². The fourth-order valence-corrected chi connectivity index (χ4v) is 5.97. The van der Waals surface area contributed by atoms with Gasteiger partial charge in [0, 0.05) is 44.0 Å². The minimum Gasteiger partial charge on any atom is -0.369 e. The molecule has 6 nitrogen and oxygen atoms in total. The molecule has 0 bridgehead atoms. The van der Waals surface area contributed by atoms with Crippen molar-refractivity contribution in [3.63, 3.8) is 0 Å². The van der Waals surface area contributed by atoms with Crippen molar-refractivity contribution in [1.82, 2.24) is 9.80 Å². The van der Waals surface area contributed by atoms with Gasteiger partial charge in [0.25, 0.3) is 0 Å². The zero-order valence-corrected chi connectivity index (χ0v) is 18.1. The van der Waals surface area contributed by atoms with Crippen LogP contribution in [-0.2, 0) is 14.6 Å². The molecule has 2 atom stereocenters. The first kappa shape index (κ1) is 21.1. The number of amides is 1. The predicted octanol–water partition coefficient (Wildman–Crippen LogP) is 1.93. The first-order valence-corrected chi connectivity index (χ1v) is 12.2. The summed E-state index contributed by atoms with van der Waals surface area (Å²) in [6, 6.07) is 8.43. The average molecular weight is 408 g/mol. The number of aryl methyl sites for hydroxylation is 1. The summed E-state index contributed by atoms with van der Waals surface area (Å²) in [4.78, 5) is 19.5. The molecular weight excluding hydrogens is 374 g/mol. The molecule has 3 rings (SSSR count). The maximum atomic E-state index is 13.1. The van der Waals surface area contributed by atoms with Crippen molar-refractivity contribution < 1.29 is 13.2 Å². The largest absolute Gasteiger partial charge is 0.369 e. The summed E-state index contributed by atoms with van der Waals surface area (Å²) in [7, 11) is -3.00. The summed E-state index contributed by atoms with van der Waals surface area (Å²) < 4.78 is 23.8. The molecule has 2 aliphatic rings. The Bertz CT molecular complexity index is 788. The van der Waals surface area contributed by atoms with E-state index < -0.39 is 9.84 Å². The van der Waals surface area contributed by atoms with Gasteiger partial charge in [-0.05, 0) is 44.4 Å². The van der Waals surface area contributed by atoms with Gasteiger partial charge in [0.05, 0.1) is 18.1 Å². The maximum Gasteiger partial charge on any atom is 0.237 e. The van der Waals surface area contributed by atoms with Gasteiger partial charge in [0.15, 0.2) is 9.84 Å². The number of rotatable bonds is 6. The molecule has 2 saturated heterocycles. The molecule has 7 heteroatoms. The monoisotopic (exact) mass is 407 g/mol. The molecule has 28 heavy (non-hydrogen) atoms. The molecule has 0 aromatic heterocycles. The Kier molecular flexibility index (Phi) is 6.65. The number of anilines is 1. The molecule has 0 aliphatic carbocycles. The van der Waals surface area contributed by atoms with Crippen molar-refractivity contribution in [2.75, 3.05) is 49.1 Å². The van der Waals surface area contributed by atoms with Gasteiger partial charge < -0.3 is 9.80 Å². The van der Waals surface area contributed by atoms with E-state index in [0.29, 0.717) is 13.0 Å². The van der Waals surface area contributed by atoms with Crippen LogP contribution in [0.1, 0.15) is 32.3 Å². The van der Waals surface area contributed by atoms with Gasteiger partial charge in [0.1, 0.15) is 0 Å². The number of piperazine rings is 1. The van der Waals surface area contributed by atoms with E-state index in [1.807, 2.05) is 11.8 Å². The summed E-state index contributed by atoms with van der Waals surface area (Å²) in [6.07, 6.45) is 1.41. The fourth-order valence-electron chi connectivity index (χ4n) is 4.26. The van der Waals surface area contributed by atoms with Crippen molar-refractivity contribution in [2.24, 2.45) is 0 Å². The van der Waals surface area contributed by atoms with Crippen LogP contribution in [0.5, 0.6) is 0 Å². The van der Waals surface area contributed by atoms with E-state index in [1.165, 1.54) is 11.3 Å². The van der Waals surface area contributed by atoms with Gasteiger partial charge in [0.2, 0.25) is 5.91 Å². The minimum absolute atomic E-state index is 0.0689. The lowest BCUT2D eigenvalue weighted by Gasteiger charge is -2.39. The second-order valence-electron chi connectivity index (χ2n) is 8.22. The number of carbonyl (C=O) groups excluding carboxylic acids is 1. The molecule has 2 fully saturated rings. The van der Waals surface area contributed by atoms with Gasteiger partial charge in [-0.15, -0.1) is 0 Å². The Hall–Kier alpha value is -1.60. The number of hydrogen-bond acceptors (Lipinski definition) is 5. The third-order valence-corrected chi connectivity index (χ3v) is 7.80. The van der Waals surface area contributed by atoms with Crippen molar-refractivity contribution in [2.45, 2.75) is 45.7 Å². The van der Waals surface area contributed by atoms with E-state index in [4.69, 9.17) is 0 Å². The topological polar surface area (TPSA) is 60.9 Å². The second kappa shape index (κ2) is 8.82.